The third-order valence-electron chi connectivity index (χ3n) is 12.3. The first-order valence-electron chi connectivity index (χ1n) is 22.7. The molecule has 1 aliphatic heterocycles. The number of fused-ring (bicyclic) bond motifs is 8. The van der Waals surface area contributed by atoms with Gasteiger partial charge in [0.1, 0.15) is 36.2 Å². The van der Waals surface area contributed by atoms with Gasteiger partial charge in [-0.2, -0.15) is 0 Å². The topological polar surface area (TPSA) is 93.9 Å². The van der Waals surface area contributed by atoms with Gasteiger partial charge in [-0.15, -0.1) is 0 Å². The number of aromatic nitrogens is 2. The monoisotopic (exact) mass is 861 g/mol. The van der Waals surface area contributed by atoms with Crippen molar-refractivity contribution in [1.29, 1.82) is 0 Å². The average molecular weight is 861 g/mol. The van der Waals surface area contributed by atoms with Crippen LogP contribution in [0.25, 0.3) is 0 Å². The number of benzene rings is 4. The molecule has 8 bridgehead atoms. The molecule has 0 saturated carbocycles. The number of hydrogen-bond donors (Lipinski definition) is 2. The van der Waals surface area contributed by atoms with E-state index in [9.17, 15) is 10.2 Å². The summed E-state index contributed by atoms with van der Waals surface area (Å²) in [6, 6.07) is 29.1. The van der Waals surface area contributed by atoms with E-state index in [0.717, 1.165) is 89.6 Å². The number of ether oxygens (including phenoxy) is 3. The molecule has 2 aromatic heterocycles. The van der Waals surface area contributed by atoms with Crippen molar-refractivity contribution < 1.29 is 24.4 Å². The molecule has 2 N–H and O–H groups in total. The highest BCUT2D eigenvalue weighted by Gasteiger charge is 2.28. The summed E-state index contributed by atoms with van der Waals surface area (Å²) < 4.78 is 20.5. The number of phenolic OH excluding ortho intramolecular Hbond substituents is 2. The minimum absolute atomic E-state index is 0.198. The molecule has 0 amide bonds. The van der Waals surface area contributed by atoms with Crippen LogP contribution in [0.3, 0.4) is 0 Å². The zero-order valence-corrected chi connectivity index (χ0v) is 40.2. The number of aromatic hydroxyl groups is 2. The zero-order valence-electron chi connectivity index (χ0n) is 40.2. The van der Waals surface area contributed by atoms with Crippen molar-refractivity contribution in [3.63, 3.8) is 0 Å². The molecule has 0 unspecified atom stereocenters. The van der Waals surface area contributed by atoms with E-state index in [1.165, 1.54) is 0 Å². The summed E-state index contributed by atoms with van der Waals surface area (Å²) in [7, 11) is 0. The molecule has 6 aromatic rings. The summed E-state index contributed by atoms with van der Waals surface area (Å²) in [4.78, 5) is 9.17. The Balaban J connectivity index is 1.51. The van der Waals surface area contributed by atoms with Crippen LogP contribution < -0.4 is 9.47 Å². The van der Waals surface area contributed by atoms with E-state index in [1.807, 2.05) is 36.4 Å². The van der Waals surface area contributed by atoms with Crippen LogP contribution in [0.2, 0.25) is 0 Å². The summed E-state index contributed by atoms with van der Waals surface area (Å²) in [5.41, 5.74) is 12.1. The average Bonchev–Trinajstić information content (AvgIpc) is 3.21. The molecule has 7 nitrogen and oxygen atoms in total. The van der Waals surface area contributed by atoms with Crippen LogP contribution in [0, 0.1) is 0 Å². The lowest BCUT2D eigenvalue weighted by Gasteiger charge is -2.27. The van der Waals surface area contributed by atoms with Crippen molar-refractivity contribution in [3.8, 4) is 23.0 Å². The van der Waals surface area contributed by atoms with Crippen molar-refractivity contribution in [1.82, 2.24) is 9.97 Å². The summed E-state index contributed by atoms with van der Waals surface area (Å²) in [5, 5.41) is 24.9. The summed E-state index contributed by atoms with van der Waals surface area (Å²) >= 11 is 0. The van der Waals surface area contributed by atoms with Crippen molar-refractivity contribution in [2.24, 2.45) is 0 Å². The van der Waals surface area contributed by atoms with Gasteiger partial charge in [0.2, 0.25) is 0 Å². The van der Waals surface area contributed by atoms with Crippen molar-refractivity contribution in [3.05, 3.63) is 175 Å². The molecule has 4 aromatic carbocycles. The molecule has 1 aliphatic rings. The first kappa shape index (κ1) is 46.3. The molecule has 0 spiro atoms. The Kier molecular flexibility index (Phi) is 13.1. The van der Waals surface area contributed by atoms with E-state index in [4.69, 9.17) is 14.2 Å². The highest BCUT2D eigenvalue weighted by Crippen LogP contribution is 2.43. The zero-order chi connectivity index (χ0) is 46.2. The Labute approximate surface area is 381 Å². The molecule has 0 saturated heterocycles. The fourth-order valence-electron chi connectivity index (χ4n) is 8.29. The van der Waals surface area contributed by atoms with Gasteiger partial charge in [0, 0.05) is 42.8 Å². The van der Waals surface area contributed by atoms with Crippen LogP contribution in [-0.4, -0.2) is 20.2 Å². The molecule has 3 heterocycles. The van der Waals surface area contributed by atoms with Crippen LogP contribution in [0.15, 0.2) is 97.3 Å². The second-order valence-corrected chi connectivity index (χ2v) is 21.8. The Morgan fingerprint density at radius 1 is 0.438 bits per heavy atom. The van der Waals surface area contributed by atoms with E-state index in [2.05, 4.69) is 142 Å². The molecule has 7 heteroatoms. The van der Waals surface area contributed by atoms with Crippen molar-refractivity contribution >= 4 is 0 Å². The standard InChI is InChI=1S/C57H68N2O5/c1-54(2,3)44-24-36-21-37-25-45(55(4,5)6)27-39(51(37)61)23-41-29-47(57(10,11)12)31-43(53(41)64-35-49-18-14-16-20-59-49)33-62-32-42-30-46(56(7,8)9)28-40(22-38(26-44)50(36)60)52(42)63-34-48-17-13-15-19-58-48/h13-20,24-31,60-61H,21-23,32-35H2,1-12H3. The van der Waals surface area contributed by atoms with Gasteiger partial charge in [0.25, 0.3) is 0 Å². The predicted octanol–water partition coefficient (Wildman–Crippen LogP) is 13.0. The molecule has 7 rings (SSSR count). The number of pyridine rings is 2. The third-order valence-corrected chi connectivity index (χ3v) is 12.3. The summed E-state index contributed by atoms with van der Waals surface area (Å²) in [6.07, 6.45) is 4.73. The minimum atomic E-state index is -0.222. The van der Waals surface area contributed by atoms with Crippen LogP contribution in [0.5, 0.6) is 23.0 Å². The van der Waals surface area contributed by atoms with Crippen molar-refractivity contribution in [2.75, 3.05) is 0 Å². The van der Waals surface area contributed by atoms with Gasteiger partial charge in [0.05, 0.1) is 24.6 Å². The number of rotatable bonds is 6. The van der Waals surface area contributed by atoms with Gasteiger partial charge in [-0.25, -0.2) is 0 Å². The highest BCUT2D eigenvalue weighted by atomic mass is 16.5. The maximum Gasteiger partial charge on any atom is 0.130 e. The van der Waals surface area contributed by atoms with E-state index in [-0.39, 0.29) is 59.6 Å². The Hall–Kier alpha value is -5.66. The molecular weight excluding hydrogens is 793 g/mol. The molecule has 0 radical (unpaired) electrons. The van der Waals surface area contributed by atoms with Gasteiger partial charge in [-0.3, -0.25) is 9.97 Å². The van der Waals surface area contributed by atoms with Gasteiger partial charge in [-0.05, 0) is 114 Å². The first-order chi connectivity index (χ1) is 30.0. The second-order valence-electron chi connectivity index (χ2n) is 21.8. The van der Waals surface area contributed by atoms with Gasteiger partial charge >= 0.3 is 0 Å². The second kappa shape index (κ2) is 18.1. The maximum atomic E-state index is 12.5. The van der Waals surface area contributed by atoms with Gasteiger partial charge in [0.15, 0.2) is 0 Å². The number of nitrogens with zero attached hydrogens (tertiary/aromatic N) is 2. The van der Waals surface area contributed by atoms with E-state index < -0.39 is 0 Å². The van der Waals surface area contributed by atoms with Gasteiger partial charge < -0.3 is 24.4 Å². The normalized spacial score (nSPS) is 13.8. The fourth-order valence-corrected chi connectivity index (χ4v) is 8.29. The van der Waals surface area contributed by atoms with E-state index in [1.54, 1.807) is 12.4 Å². The summed E-state index contributed by atoms with van der Waals surface area (Å²) in [6.45, 7) is 27.6. The van der Waals surface area contributed by atoms with Crippen molar-refractivity contribution in [2.45, 2.75) is 150 Å². The summed E-state index contributed by atoms with van der Waals surface area (Å²) in [5.74, 6) is 1.88. The number of phenols is 2. The van der Waals surface area contributed by atoms with E-state index >= 15 is 0 Å². The SMILES string of the molecule is CC(C)(C)c1cc2c(O)c(c1)Cc1cc(C(C)(C)C)cc(c1OCc1ccccn1)COCc1cc(C(C)(C)C)cc(c1OCc1ccccn1)Cc1cc(C(C)(C)C)cc(c1O)C2. The molecule has 64 heavy (non-hydrogen) atoms. The smallest absolute Gasteiger partial charge is 0.130 e. The first-order valence-corrected chi connectivity index (χ1v) is 22.7. The Morgan fingerprint density at radius 3 is 1.03 bits per heavy atom. The van der Waals surface area contributed by atoms with Crippen LogP contribution in [0.4, 0.5) is 0 Å². The number of hydrogen-bond acceptors (Lipinski definition) is 7. The quantitative estimate of drug-likeness (QED) is 0.172. The predicted molar refractivity (Wildman–Crippen MR) is 258 cm³/mol. The molecule has 0 fully saturated rings. The molecule has 0 atom stereocenters. The Morgan fingerprint density at radius 2 is 0.734 bits per heavy atom. The molecular formula is C57H68N2O5. The highest BCUT2D eigenvalue weighted by molar-refractivity contribution is 5.57. The lowest BCUT2D eigenvalue weighted by molar-refractivity contribution is 0.101. The van der Waals surface area contributed by atoms with Crippen LogP contribution in [0.1, 0.15) is 161 Å². The largest absolute Gasteiger partial charge is 0.507 e. The molecule has 336 valence electrons. The lowest BCUT2D eigenvalue weighted by atomic mass is 9.80. The van der Waals surface area contributed by atoms with Gasteiger partial charge in [-0.1, -0.05) is 132 Å². The van der Waals surface area contributed by atoms with Crippen LogP contribution in [-0.2, 0) is 72.1 Å². The fraction of sp³-hybridized carbons (Fsp3) is 0.404. The third kappa shape index (κ3) is 10.8. The van der Waals surface area contributed by atoms with E-state index in [0.29, 0.717) is 19.3 Å². The van der Waals surface area contributed by atoms with Crippen LogP contribution >= 0.6 is 0 Å². The lowest BCUT2D eigenvalue weighted by Crippen LogP contribution is -2.16. The Bertz CT molecular complexity index is 2430. The molecule has 0 aliphatic carbocycles. The maximum absolute atomic E-state index is 12.5. The minimum Gasteiger partial charge on any atom is -0.507 e.